The Bertz CT molecular complexity index is 199. The molecular weight excluding hydrogens is 194 g/mol. The summed E-state index contributed by atoms with van der Waals surface area (Å²) in [6.45, 7) is 3.46. The molecule has 0 aromatic carbocycles. The third-order valence-electron chi connectivity index (χ3n) is 2.73. The Hall–Kier alpha value is -0.650. The Morgan fingerprint density at radius 3 is 2.87 bits per heavy atom. The molecule has 0 radical (unpaired) electrons. The number of likely N-dealkylation sites (tertiary alicyclic amines) is 1. The Labute approximate surface area is 90.7 Å². The maximum Gasteiger partial charge on any atom is 0.234 e. The maximum absolute atomic E-state index is 11.2. The van der Waals surface area contributed by atoms with E-state index in [9.17, 15) is 4.79 Å². The molecule has 1 aliphatic rings. The minimum absolute atomic E-state index is 0.0970. The second-order valence-electron chi connectivity index (χ2n) is 3.85. The molecular formula is C10H21N3O2. The molecule has 1 amide bonds. The van der Waals surface area contributed by atoms with Gasteiger partial charge in [0, 0.05) is 13.1 Å². The smallest absolute Gasteiger partial charge is 0.234 e. The number of carbonyl (C=O) groups is 1. The lowest BCUT2D eigenvalue weighted by molar-refractivity contribution is -0.124. The Morgan fingerprint density at radius 1 is 1.40 bits per heavy atom. The van der Waals surface area contributed by atoms with E-state index >= 15 is 0 Å². The molecule has 5 nitrogen and oxygen atoms in total. The van der Waals surface area contributed by atoms with Crippen LogP contribution in [0.4, 0.5) is 0 Å². The van der Waals surface area contributed by atoms with Crippen molar-refractivity contribution >= 4 is 5.91 Å². The van der Waals surface area contributed by atoms with Crippen molar-refractivity contribution in [1.82, 2.24) is 4.90 Å². The van der Waals surface area contributed by atoms with Crippen LogP contribution in [0.15, 0.2) is 0 Å². The molecule has 88 valence electrons. The van der Waals surface area contributed by atoms with Crippen LogP contribution in [0.2, 0.25) is 0 Å². The number of nitrogens with zero attached hydrogens (tertiary/aromatic N) is 1. The molecule has 0 spiro atoms. The molecule has 5 heteroatoms. The van der Waals surface area contributed by atoms with Gasteiger partial charge in [-0.05, 0) is 19.4 Å². The number of rotatable bonds is 6. The van der Waals surface area contributed by atoms with Crippen LogP contribution in [0.25, 0.3) is 0 Å². The van der Waals surface area contributed by atoms with Gasteiger partial charge in [-0.25, -0.2) is 0 Å². The number of hydrogen-bond acceptors (Lipinski definition) is 4. The van der Waals surface area contributed by atoms with Crippen molar-refractivity contribution in [2.75, 3.05) is 32.8 Å². The molecule has 1 rings (SSSR count). The van der Waals surface area contributed by atoms with Gasteiger partial charge in [0.05, 0.1) is 19.3 Å². The Kier molecular flexibility index (Phi) is 5.60. The number of hydrogen-bond donors (Lipinski definition) is 2. The van der Waals surface area contributed by atoms with Crippen molar-refractivity contribution in [3.05, 3.63) is 0 Å². The van der Waals surface area contributed by atoms with Crippen molar-refractivity contribution in [2.24, 2.45) is 11.5 Å². The second-order valence-corrected chi connectivity index (χ2v) is 3.85. The predicted molar refractivity (Wildman–Crippen MR) is 58.3 cm³/mol. The zero-order chi connectivity index (χ0) is 11.1. The van der Waals surface area contributed by atoms with Crippen LogP contribution >= 0.6 is 0 Å². The molecule has 1 fully saturated rings. The molecule has 1 unspecified atom stereocenters. The van der Waals surface area contributed by atoms with E-state index in [2.05, 4.69) is 4.90 Å². The average Bonchev–Trinajstić information content (AvgIpc) is 2.25. The lowest BCUT2D eigenvalue weighted by Gasteiger charge is -2.33. The van der Waals surface area contributed by atoms with Gasteiger partial charge < -0.3 is 16.2 Å². The summed E-state index contributed by atoms with van der Waals surface area (Å²) in [5.74, 6) is -0.214. The summed E-state index contributed by atoms with van der Waals surface area (Å²) in [4.78, 5) is 13.3. The minimum Gasteiger partial charge on any atom is -0.379 e. The van der Waals surface area contributed by atoms with Gasteiger partial charge in [0.25, 0.3) is 0 Å². The topological polar surface area (TPSA) is 81.6 Å². The molecule has 0 aromatic rings. The van der Waals surface area contributed by atoms with Crippen LogP contribution in [0.1, 0.15) is 19.3 Å². The molecule has 4 N–H and O–H groups in total. The summed E-state index contributed by atoms with van der Waals surface area (Å²) >= 11 is 0. The summed E-state index contributed by atoms with van der Waals surface area (Å²) in [5.41, 5.74) is 10.7. The van der Waals surface area contributed by atoms with Gasteiger partial charge in [-0.1, -0.05) is 6.42 Å². The number of piperidine rings is 1. The summed E-state index contributed by atoms with van der Waals surface area (Å²) in [7, 11) is 0. The molecule has 0 saturated carbocycles. The zero-order valence-electron chi connectivity index (χ0n) is 9.15. The third-order valence-corrected chi connectivity index (χ3v) is 2.73. The van der Waals surface area contributed by atoms with Crippen LogP contribution < -0.4 is 11.5 Å². The van der Waals surface area contributed by atoms with Gasteiger partial charge in [0.2, 0.25) is 5.91 Å². The summed E-state index contributed by atoms with van der Waals surface area (Å²) in [6, 6.07) is -0.0970. The van der Waals surface area contributed by atoms with Crippen LogP contribution in [0.3, 0.4) is 0 Å². The first-order chi connectivity index (χ1) is 7.25. The van der Waals surface area contributed by atoms with Crippen molar-refractivity contribution in [3.63, 3.8) is 0 Å². The van der Waals surface area contributed by atoms with E-state index in [-0.39, 0.29) is 11.9 Å². The molecule has 1 heterocycles. The number of nitrogens with two attached hydrogens (primary N) is 2. The van der Waals surface area contributed by atoms with E-state index in [0.717, 1.165) is 32.4 Å². The number of ether oxygens (including phenoxy) is 1. The SMILES string of the molecule is NCCOCCN1CCCCC1C(N)=O. The standard InChI is InChI=1S/C10H21N3O2/c11-4-7-15-8-6-13-5-2-1-3-9(13)10(12)14/h9H,1-8,11H2,(H2,12,14). The molecule has 1 saturated heterocycles. The van der Waals surface area contributed by atoms with E-state index in [0.29, 0.717) is 19.8 Å². The molecule has 0 bridgehead atoms. The van der Waals surface area contributed by atoms with Crippen LogP contribution in [-0.4, -0.2) is 49.7 Å². The van der Waals surface area contributed by atoms with Gasteiger partial charge in [-0.3, -0.25) is 9.69 Å². The molecule has 0 aliphatic carbocycles. The van der Waals surface area contributed by atoms with E-state index in [1.54, 1.807) is 0 Å². The first kappa shape index (κ1) is 12.4. The van der Waals surface area contributed by atoms with Crippen molar-refractivity contribution in [3.8, 4) is 0 Å². The summed E-state index contributed by atoms with van der Waals surface area (Å²) in [6.07, 6.45) is 3.11. The van der Waals surface area contributed by atoms with Crippen LogP contribution in [0.5, 0.6) is 0 Å². The van der Waals surface area contributed by atoms with Gasteiger partial charge in [-0.2, -0.15) is 0 Å². The highest BCUT2D eigenvalue weighted by atomic mass is 16.5. The summed E-state index contributed by atoms with van der Waals surface area (Å²) < 4.78 is 5.29. The predicted octanol–water partition coefficient (Wildman–Crippen LogP) is -0.698. The minimum atomic E-state index is -0.214. The zero-order valence-corrected chi connectivity index (χ0v) is 9.15. The van der Waals surface area contributed by atoms with Crippen molar-refractivity contribution in [1.29, 1.82) is 0 Å². The van der Waals surface area contributed by atoms with Gasteiger partial charge >= 0.3 is 0 Å². The summed E-state index contributed by atoms with van der Waals surface area (Å²) in [5, 5.41) is 0. The van der Waals surface area contributed by atoms with E-state index in [4.69, 9.17) is 16.2 Å². The fourth-order valence-corrected chi connectivity index (χ4v) is 1.95. The number of amides is 1. The first-order valence-electron chi connectivity index (χ1n) is 5.57. The molecule has 1 aliphatic heterocycles. The average molecular weight is 215 g/mol. The van der Waals surface area contributed by atoms with E-state index < -0.39 is 0 Å². The molecule has 0 aromatic heterocycles. The van der Waals surface area contributed by atoms with Gasteiger partial charge in [0.1, 0.15) is 0 Å². The van der Waals surface area contributed by atoms with E-state index in [1.165, 1.54) is 0 Å². The fourth-order valence-electron chi connectivity index (χ4n) is 1.95. The number of carbonyl (C=O) groups excluding carboxylic acids is 1. The van der Waals surface area contributed by atoms with Crippen LogP contribution in [0, 0.1) is 0 Å². The van der Waals surface area contributed by atoms with Crippen LogP contribution in [-0.2, 0) is 9.53 Å². The lowest BCUT2D eigenvalue weighted by atomic mass is 10.0. The van der Waals surface area contributed by atoms with Crippen molar-refractivity contribution in [2.45, 2.75) is 25.3 Å². The Balaban J connectivity index is 2.26. The van der Waals surface area contributed by atoms with Gasteiger partial charge in [-0.15, -0.1) is 0 Å². The normalized spacial score (nSPS) is 22.9. The lowest BCUT2D eigenvalue weighted by Crippen LogP contribution is -2.48. The molecule has 1 atom stereocenters. The van der Waals surface area contributed by atoms with Crippen molar-refractivity contribution < 1.29 is 9.53 Å². The first-order valence-corrected chi connectivity index (χ1v) is 5.57. The quantitative estimate of drug-likeness (QED) is 0.574. The Morgan fingerprint density at radius 2 is 2.20 bits per heavy atom. The maximum atomic E-state index is 11.2. The highest BCUT2D eigenvalue weighted by Gasteiger charge is 2.26. The highest BCUT2D eigenvalue weighted by molar-refractivity contribution is 5.79. The van der Waals surface area contributed by atoms with E-state index in [1.807, 2.05) is 0 Å². The third kappa shape index (κ3) is 4.15. The molecule has 15 heavy (non-hydrogen) atoms. The number of primary amides is 1. The second kappa shape index (κ2) is 6.76. The fraction of sp³-hybridized carbons (Fsp3) is 0.900. The highest BCUT2D eigenvalue weighted by Crippen LogP contribution is 2.15. The largest absolute Gasteiger partial charge is 0.379 e. The van der Waals surface area contributed by atoms with Gasteiger partial charge in [0.15, 0.2) is 0 Å². The monoisotopic (exact) mass is 215 g/mol.